The summed E-state index contributed by atoms with van der Waals surface area (Å²) >= 11 is 0. The molecule has 0 aromatic heterocycles. The summed E-state index contributed by atoms with van der Waals surface area (Å²) in [5.41, 5.74) is 0.948. The zero-order valence-corrected chi connectivity index (χ0v) is 9.27. The van der Waals surface area contributed by atoms with E-state index in [1.165, 1.54) is 0 Å². The zero-order chi connectivity index (χ0) is 12.3. The van der Waals surface area contributed by atoms with Gasteiger partial charge in [-0.25, -0.2) is 0 Å². The molecule has 4 atom stereocenters. The molecule has 1 aromatic carbocycles. The van der Waals surface area contributed by atoms with Crippen LogP contribution in [-0.2, 0) is 16.1 Å². The number of aliphatic hydroxyl groups excluding tert-OH is 3. The maximum atomic E-state index is 9.63. The van der Waals surface area contributed by atoms with Gasteiger partial charge in [-0.05, 0) is 5.56 Å². The molecule has 1 aliphatic heterocycles. The Bertz CT molecular complexity index is 342. The van der Waals surface area contributed by atoms with Crippen LogP contribution in [0.4, 0.5) is 0 Å². The highest BCUT2D eigenvalue weighted by atomic mass is 16.7. The lowest BCUT2D eigenvalue weighted by atomic mass is 10.1. The number of ether oxygens (including phenoxy) is 2. The maximum Gasteiger partial charge on any atom is 0.186 e. The summed E-state index contributed by atoms with van der Waals surface area (Å²) in [5.74, 6) is 0. The number of aliphatic hydroxyl groups is 3. The topological polar surface area (TPSA) is 79.2 Å². The first-order valence-electron chi connectivity index (χ1n) is 5.50. The van der Waals surface area contributed by atoms with Gasteiger partial charge in [0.05, 0.1) is 13.2 Å². The highest BCUT2D eigenvalue weighted by Crippen LogP contribution is 2.17. The van der Waals surface area contributed by atoms with Crippen molar-refractivity contribution in [3.8, 4) is 0 Å². The minimum Gasteiger partial charge on any atom is -0.388 e. The summed E-state index contributed by atoms with van der Waals surface area (Å²) in [6.07, 6.45) is -4.44. The number of hydrogen-bond donors (Lipinski definition) is 3. The highest BCUT2D eigenvalue weighted by molar-refractivity contribution is 5.13. The van der Waals surface area contributed by atoms with Crippen LogP contribution in [0.2, 0.25) is 0 Å². The Balaban J connectivity index is 1.87. The quantitative estimate of drug-likeness (QED) is 0.672. The minimum atomic E-state index is -1.23. The van der Waals surface area contributed by atoms with Crippen molar-refractivity contribution in [2.24, 2.45) is 0 Å². The first kappa shape index (κ1) is 12.5. The van der Waals surface area contributed by atoms with Gasteiger partial charge in [-0.3, -0.25) is 0 Å². The van der Waals surface area contributed by atoms with Crippen LogP contribution in [0.1, 0.15) is 5.56 Å². The molecular formula is C12H16O5. The van der Waals surface area contributed by atoms with Crippen molar-refractivity contribution in [3.05, 3.63) is 35.9 Å². The summed E-state index contributed by atoms with van der Waals surface area (Å²) in [6.45, 7) is 0.239. The second-order valence-electron chi connectivity index (χ2n) is 4.05. The number of rotatable bonds is 3. The molecule has 1 fully saturated rings. The Morgan fingerprint density at radius 3 is 2.53 bits per heavy atom. The lowest BCUT2D eigenvalue weighted by Gasteiger charge is -2.34. The smallest absolute Gasteiger partial charge is 0.186 e. The fourth-order valence-electron chi connectivity index (χ4n) is 1.68. The van der Waals surface area contributed by atoms with Crippen molar-refractivity contribution >= 4 is 0 Å². The Morgan fingerprint density at radius 2 is 1.82 bits per heavy atom. The largest absolute Gasteiger partial charge is 0.388 e. The molecule has 0 radical (unpaired) electrons. The van der Waals surface area contributed by atoms with Gasteiger partial charge in [-0.2, -0.15) is 0 Å². The molecule has 2 rings (SSSR count). The van der Waals surface area contributed by atoms with Crippen LogP contribution in [0.5, 0.6) is 0 Å². The second kappa shape index (κ2) is 5.57. The lowest BCUT2D eigenvalue weighted by molar-refractivity contribution is -0.273. The fourth-order valence-corrected chi connectivity index (χ4v) is 1.68. The molecule has 1 aromatic rings. The van der Waals surface area contributed by atoms with Gasteiger partial charge >= 0.3 is 0 Å². The molecule has 94 valence electrons. The molecule has 1 saturated heterocycles. The van der Waals surface area contributed by atoms with Gasteiger partial charge in [0.15, 0.2) is 6.29 Å². The molecular weight excluding hydrogens is 224 g/mol. The van der Waals surface area contributed by atoms with Gasteiger partial charge in [-0.15, -0.1) is 0 Å². The van der Waals surface area contributed by atoms with E-state index in [2.05, 4.69) is 0 Å². The van der Waals surface area contributed by atoms with Crippen LogP contribution in [-0.4, -0.2) is 46.5 Å². The zero-order valence-electron chi connectivity index (χ0n) is 9.27. The van der Waals surface area contributed by atoms with Crippen LogP contribution >= 0.6 is 0 Å². The predicted molar refractivity (Wildman–Crippen MR) is 59.0 cm³/mol. The van der Waals surface area contributed by atoms with Crippen LogP contribution in [0.25, 0.3) is 0 Å². The third kappa shape index (κ3) is 3.02. The summed E-state index contributed by atoms with van der Waals surface area (Å²) < 4.78 is 10.5. The molecule has 5 heteroatoms. The first-order valence-corrected chi connectivity index (χ1v) is 5.50. The van der Waals surface area contributed by atoms with E-state index >= 15 is 0 Å². The van der Waals surface area contributed by atoms with Crippen molar-refractivity contribution in [1.82, 2.24) is 0 Å². The average molecular weight is 240 g/mol. The molecule has 1 heterocycles. The van der Waals surface area contributed by atoms with Crippen molar-refractivity contribution < 1.29 is 24.8 Å². The first-order chi connectivity index (χ1) is 8.18. The van der Waals surface area contributed by atoms with E-state index in [1.54, 1.807) is 0 Å². The molecule has 0 bridgehead atoms. The highest BCUT2D eigenvalue weighted by Gasteiger charge is 2.38. The maximum absolute atomic E-state index is 9.63. The van der Waals surface area contributed by atoms with Crippen molar-refractivity contribution in [1.29, 1.82) is 0 Å². The summed E-state index contributed by atoms with van der Waals surface area (Å²) in [7, 11) is 0. The summed E-state index contributed by atoms with van der Waals surface area (Å²) in [6, 6.07) is 9.45. The van der Waals surface area contributed by atoms with E-state index in [0.29, 0.717) is 0 Å². The van der Waals surface area contributed by atoms with E-state index in [1.807, 2.05) is 30.3 Å². The van der Waals surface area contributed by atoms with Crippen molar-refractivity contribution in [2.45, 2.75) is 31.2 Å². The van der Waals surface area contributed by atoms with E-state index < -0.39 is 24.6 Å². The van der Waals surface area contributed by atoms with E-state index in [4.69, 9.17) is 9.47 Å². The Morgan fingerprint density at radius 1 is 1.12 bits per heavy atom. The van der Waals surface area contributed by atoms with Gasteiger partial charge in [0.1, 0.15) is 18.3 Å². The molecule has 17 heavy (non-hydrogen) atoms. The van der Waals surface area contributed by atoms with Gasteiger partial charge in [-0.1, -0.05) is 30.3 Å². The molecule has 1 unspecified atom stereocenters. The van der Waals surface area contributed by atoms with Gasteiger partial charge in [0.2, 0.25) is 0 Å². The fraction of sp³-hybridized carbons (Fsp3) is 0.500. The second-order valence-corrected chi connectivity index (χ2v) is 4.05. The van der Waals surface area contributed by atoms with Crippen LogP contribution in [0, 0.1) is 0 Å². The Labute approximate surface area is 99.2 Å². The van der Waals surface area contributed by atoms with Gasteiger partial charge in [0, 0.05) is 0 Å². The SMILES string of the molecule is OC1[C@H](OCc2ccccc2)OC[C@@H](O)[C@H]1O. The number of benzene rings is 1. The van der Waals surface area contributed by atoms with E-state index in [9.17, 15) is 15.3 Å². The minimum absolute atomic E-state index is 0.0440. The molecule has 1 aliphatic rings. The van der Waals surface area contributed by atoms with Gasteiger partial charge in [0.25, 0.3) is 0 Å². The summed E-state index contributed by atoms with van der Waals surface area (Å²) in [5, 5.41) is 28.3. The van der Waals surface area contributed by atoms with E-state index in [0.717, 1.165) is 5.56 Å². The van der Waals surface area contributed by atoms with Crippen LogP contribution in [0.3, 0.4) is 0 Å². The third-order valence-corrected chi connectivity index (χ3v) is 2.71. The molecule has 0 amide bonds. The van der Waals surface area contributed by atoms with Crippen LogP contribution < -0.4 is 0 Å². The molecule has 0 saturated carbocycles. The standard InChI is InChI=1S/C12H16O5/c13-9-7-17-12(11(15)10(9)14)16-6-8-4-2-1-3-5-8/h1-5,9-15H,6-7H2/t9-,10-,11?,12-/m1/s1. The Kier molecular flexibility index (Phi) is 4.09. The molecule has 0 spiro atoms. The monoisotopic (exact) mass is 240 g/mol. The van der Waals surface area contributed by atoms with Crippen molar-refractivity contribution in [2.75, 3.05) is 6.61 Å². The molecule has 0 aliphatic carbocycles. The van der Waals surface area contributed by atoms with Crippen molar-refractivity contribution in [3.63, 3.8) is 0 Å². The molecule has 3 N–H and O–H groups in total. The predicted octanol–water partition coefficient (Wildman–Crippen LogP) is -0.358. The normalized spacial score (nSPS) is 33.6. The number of hydrogen-bond acceptors (Lipinski definition) is 5. The lowest BCUT2D eigenvalue weighted by Crippen LogP contribution is -2.53. The van der Waals surface area contributed by atoms with Crippen LogP contribution in [0.15, 0.2) is 30.3 Å². The third-order valence-electron chi connectivity index (χ3n) is 2.71. The van der Waals surface area contributed by atoms with Gasteiger partial charge < -0.3 is 24.8 Å². The molecule has 5 nitrogen and oxygen atoms in total. The average Bonchev–Trinajstić information content (AvgIpc) is 2.36. The summed E-state index contributed by atoms with van der Waals surface area (Å²) in [4.78, 5) is 0. The Hall–Kier alpha value is -0.980. The van der Waals surface area contributed by atoms with E-state index in [-0.39, 0.29) is 13.2 Å².